The summed E-state index contributed by atoms with van der Waals surface area (Å²) in [5.41, 5.74) is 2.45. The van der Waals surface area contributed by atoms with E-state index < -0.39 is 5.97 Å². The molecular weight excluding hydrogens is 334 g/mol. The normalized spacial score (nSPS) is 11.2. The number of benzene rings is 1. The van der Waals surface area contributed by atoms with Gasteiger partial charge in [-0.1, -0.05) is 89.0 Å². The average molecular weight is 376 g/mol. The van der Waals surface area contributed by atoms with Crippen LogP contribution in [0.1, 0.15) is 88.7 Å². The fourth-order valence-corrected chi connectivity index (χ4v) is 3.42. The van der Waals surface area contributed by atoms with Crippen LogP contribution in [0.25, 0.3) is 0 Å². The Hall–Kier alpha value is -1.35. The zero-order chi connectivity index (χ0) is 19.7. The molecule has 0 bridgehead atoms. The molecule has 3 heteroatoms. The topological polar surface area (TPSA) is 40.5 Å². The highest BCUT2D eigenvalue weighted by molar-refractivity contribution is 5.67. The smallest absolute Gasteiger partial charge is 0.303 e. The third kappa shape index (κ3) is 13.5. The quantitative estimate of drug-likeness (QED) is 0.334. The van der Waals surface area contributed by atoms with Gasteiger partial charge in [-0.25, -0.2) is 0 Å². The van der Waals surface area contributed by atoms with E-state index in [4.69, 9.17) is 5.11 Å². The number of hydrogen-bond acceptors (Lipinski definition) is 2. The van der Waals surface area contributed by atoms with Crippen LogP contribution in [0.3, 0.4) is 0 Å². The minimum atomic E-state index is -0.729. The van der Waals surface area contributed by atoms with Crippen LogP contribution in [-0.4, -0.2) is 36.1 Å². The van der Waals surface area contributed by atoms with Gasteiger partial charge in [-0.2, -0.15) is 0 Å². The van der Waals surface area contributed by atoms with Crippen molar-refractivity contribution in [2.24, 2.45) is 0 Å². The minimum Gasteiger partial charge on any atom is -0.481 e. The first-order valence-electron chi connectivity index (χ1n) is 11.1. The fraction of sp³-hybridized carbons (Fsp3) is 0.708. The summed E-state index contributed by atoms with van der Waals surface area (Å²) < 4.78 is 0. The molecule has 0 unspecified atom stereocenters. The molecule has 0 aliphatic heterocycles. The summed E-state index contributed by atoms with van der Waals surface area (Å²) in [4.78, 5) is 13.1. The van der Waals surface area contributed by atoms with E-state index in [-0.39, 0.29) is 6.42 Å². The average Bonchev–Trinajstić information content (AvgIpc) is 2.67. The van der Waals surface area contributed by atoms with Crippen molar-refractivity contribution in [3.05, 3.63) is 35.4 Å². The number of unbranched alkanes of at least 4 members (excludes halogenated alkanes) is 9. The zero-order valence-electron chi connectivity index (χ0n) is 17.7. The Morgan fingerprint density at radius 1 is 0.778 bits per heavy atom. The Kier molecular flexibility index (Phi) is 13.8. The summed E-state index contributed by atoms with van der Waals surface area (Å²) in [5, 5.41) is 8.74. The predicted octanol–water partition coefficient (Wildman–Crippen LogP) is 6.10. The van der Waals surface area contributed by atoms with Gasteiger partial charge in [0.15, 0.2) is 0 Å². The minimum absolute atomic E-state index is 0.209. The van der Waals surface area contributed by atoms with Gasteiger partial charge in [-0.05, 0) is 44.0 Å². The molecule has 0 aromatic heterocycles. The molecule has 0 aliphatic carbocycles. The van der Waals surface area contributed by atoms with Gasteiger partial charge >= 0.3 is 5.97 Å². The monoisotopic (exact) mass is 375 g/mol. The highest BCUT2D eigenvalue weighted by Gasteiger charge is 2.02. The molecule has 1 aromatic carbocycles. The number of hydrogen-bond donors (Lipinski definition) is 1. The summed E-state index contributed by atoms with van der Waals surface area (Å²) in [5.74, 6) is -0.729. The standard InChI is InChI=1S/C24H41NO2/c1-3-4-5-6-7-8-9-10-11-12-20-25(2)21-19-23-15-13-22(14-16-23)17-18-24(26)27/h13-16H,3-12,17-21H2,1-2H3,(H,26,27). The summed E-state index contributed by atoms with van der Waals surface area (Å²) in [6.45, 7) is 4.55. The van der Waals surface area contributed by atoms with E-state index in [9.17, 15) is 4.79 Å². The number of nitrogens with zero attached hydrogens (tertiary/aromatic N) is 1. The predicted molar refractivity (Wildman–Crippen MR) is 115 cm³/mol. The molecule has 1 aromatic rings. The number of carboxylic acid groups (broad SMARTS) is 1. The van der Waals surface area contributed by atoms with Crippen molar-refractivity contribution >= 4 is 5.97 Å². The third-order valence-corrected chi connectivity index (χ3v) is 5.33. The molecule has 0 saturated heterocycles. The van der Waals surface area contributed by atoms with Gasteiger partial charge in [0, 0.05) is 13.0 Å². The Morgan fingerprint density at radius 2 is 1.26 bits per heavy atom. The number of carbonyl (C=O) groups is 1. The second-order valence-corrected chi connectivity index (χ2v) is 7.95. The molecule has 3 nitrogen and oxygen atoms in total. The fourth-order valence-electron chi connectivity index (χ4n) is 3.42. The lowest BCUT2D eigenvalue weighted by molar-refractivity contribution is -0.136. The van der Waals surface area contributed by atoms with Crippen molar-refractivity contribution in [3.63, 3.8) is 0 Å². The molecule has 1 N–H and O–H groups in total. The molecule has 0 radical (unpaired) electrons. The van der Waals surface area contributed by atoms with Gasteiger partial charge in [0.1, 0.15) is 0 Å². The lowest BCUT2D eigenvalue weighted by Gasteiger charge is -2.16. The van der Waals surface area contributed by atoms with Crippen molar-refractivity contribution in [2.45, 2.75) is 90.4 Å². The van der Waals surface area contributed by atoms with Crippen LogP contribution in [0.4, 0.5) is 0 Å². The van der Waals surface area contributed by atoms with E-state index in [0.717, 1.165) is 18.5 Å². The highest BCUT2D eigenvalue weighted by atomic mass is 16.4. The van der Waals surface area contributed by atoms with Crippen LogP contribution in [0.2, 0.25) is 0 Å². The van der Waals surface area contributed by atoms with Crippen LogP contribution in [0.5, 0.6) is 0 Å². The molecule has 0 heterocycles. The molecule has 0 aliphatic rings. The lowest BCUT2D eigenvalue weighted by Crippen LogP contribution is -2.22. The van der Waals surface area contributed by atoms with Crippen LogP contribution in [-0.2, 0) is 17.6 Å². The molecule has 0 atom stereocenters. The number of aryl methyl sites for hydroxylation is 1. The summed E-state index contributed by atoms with van der Waals surface area (Å²) in [6.07, 6.45) is 15.8. The summed E-state index contributed by atoms with van der Waals surface area (Å²) >= 11 is 0. The van der Waals surface area contributed by atoms with E-state index in [0.29, 0.717) is 6.42 Å². The molecule has 1 rings (SSSR count). The van der Waals surface area contributed by atoms with Gasteiger partial charge in [0.05, 0.1) is 0 Å². The molecule has 0 saturated carbocycles. The third-order valence-electron chi connectivity index (χ3n) is 5.33. The zero-order valence-corrected chi connectivity index (χ0v) is 17.7. The van der Waals surface area contributed by atoms with Crippen LogP contribution < -0.4 is 0 Å². The van der Waals surface area contributed by atoms with Gasteiger partial charge in [-0.3, -0.25) is 4.79 Å². The molecule has 0 amide bonds. The molecule has 0 fully saturated rings. The first-order chi connectivity index (χ1) is 13.1. The number of likely N-dealkylation sites (N-methyl/N-ethyl adjacent to an activating group) is 1. The van der Waals surface area contributed by atoms with E-state index >= 15 is 0 Å². The molecular formula is C24H41NO2. The SMILES string of the molecule is CCCCCCCCCCCCN(C)CCc1ccc(CCC(=O)O)cc1. The van der Waals surface area contributed by atoms with Crippen molar-refractivity contribution in [1.82, 2.24) is 4.90 Å². The summed E-state index contributed by atoms with van der Waals surface area (Å²) in [7, 11) is 2.22. The van der Waals surface area contributed by atoms with Gasteiger partial charge < -0.3 is 10.0 Å². The summed E-state index contributed by atoms with van der Waals surface area (Å²) in [6, 6.07) is 8.43. The van der Waals surface area contributed by atoms with Crippen LogP contribution >= 0.6 is 0 Å². The van der Waals surface area contributed by atoms with Crippen LogP contribution in [0, 0.1) is 0 Å². The van der Waals surface area contributed by atoms with Gasteiger partial charge in [0.25, 0.3) is 0 Å². The Labute approximate surface area is 167 Å². The number of carboxylic acids is 1. The maximum Gasteiger partial charge on any atom is 0.303 e. The molecule has 27 heavy (non-hydrogen) atoms. The van der Waals surface area contributed by atoms with Crippen molar-refractivity contribution in [1.29, 1.82) is 0 Å². The van der Waals surface area contributed by atoms with Crippen LogP contribution in [0.15, 0.2) is 24.3 Å². The Bertz CT molecular complexity index is 484. The van der Waals surface area contributed by atoms with Crippen molar-refractivity contribution in [2.75, 3.05) is 20.1 Å². The Morgan fingerprint density at radius 3 is 1.78 bits per heavy atom. The first-order valence-corrected chi connectivity index (χ1v) is 11.1. The Balaban J connectivity index is 2.00. The van der Waals surface area contributed by atoms with E-state index in [1.165, 1.54) is 76.3 Å². The van der Waals surface area contributed by atoms with E-state index in [1.807, 2.05) is 0 Å². The number of rotatable bonds is 17. The second kappa shape index (κ2) is 15.7. The van der Waals surface area contributed by atoms with Gasteiger partial charge in [0.2, 0.25) is 0 Å². The largest absolute Gasteiger partial charge is 0.481 e. The maximum absolute atomic E-state index is 10.6. The van der Waals surface area contributed by atoms with E-state index in [2.05, 4.69) is 43.1 Å². The highest BCUT2D eigenvalue weighted by Crippen LogP contribution is 2.11. The molecule has 0 spiro atoms. The van der Waals surface area contributed by atoms with Gasteiger partial charge in [-0.15, -0.1) is 0 Å². The van der Waals surface area contributed by atoms with Crippen molar-refractivity contribution < 1.29 is 9.90 Å². The molecule has 154 valence electrons. The van der Waals surface area contributed by atoms with Crippen molar-refractivity contribution in [3.8, 4) is 0 Å². The lowest BCUT2D eigenvalue weighted by atomic mass is 10.1. The second-order valence-electron chi connectivity index (χ2n) is 7.95. The van der Waals surface area contributed by atoms with E-state index in [1.54, 1.807) is 0 Å². The number of aliphatic carboxylic acids is 1. The first kappa shape index (κ1) is 23.7. The maximum atomic E-state index is 10.6.